The van der Waals surface area contributed by atoms with Gasteiger partial charge in [0.1, 0.15) is 0 Å². The Morgan fingerprint density at radius 3 is 2.47 bits per heavy atom. The number of hydrogen-bond acceptors (Lipinski definition) is 2. The van der Waals surface area contributed by atoms with E-state index in [1.165, 1.54) is 19.2 Å². The summed E-state index contributed by atoms with van der Waals surface area (Å²) in [7, 11) is 1.38. The van der Waals surface area contributed by atoms with Crippen molar-refractivity contribution in [2.24, 2.45) is 0 Å². The summed E-state index contributed by atoms with van der Waals surface area (Å²) in [5.41, 5.74) is 1.53. The van der Waals surface area contributed by atoms with Gasteiger partial charge in [-0.2, -0.15) is 0 Å². The van der Waals surface area contributed by atoms with Crippen LogP contribution in [0, 0.1) is 16.3 Å². The first kappa shape index (κ1) is 14.0. The highest BCUT2D eigenvalue weighted by molar-refractivity contribution is 14.1. The van der Waals surface area contributed by atoms with Gasteiger partial charge in [-0.1, -0.05) is 18.2 Å². The zero-order valence-corrected chi connectivity index (χ0v) is 12.7. The lowest BCUT2D eigenvalue weighted by Crippen LogP contribution is -2.08. The van der Waals surface area contributed by atoms with E-state index in [-0.39, 0.29) is 17.1 Å². The van der Waals surface area contributed by atoms with Crippen molar-refractivity contribution >= 4 is 28.4 Å². The summed E-state index contributed by atoms with van der Waals surface area (Å²) in [5.74, 6) is -0.870. The summed E-state index contributed by atoms with van der Waals surface area (Å²) < 4.78 is 19.8. The number of benzene rings is 2. The molecular weight excluding hydrogens is 358 g/mol. The fourth-order valence-corrected chi connectivity index (χ4v) is 2.42. The summed E-state index contributed by atoms with van der Waals surface area (Å²) >= 11 is 2.10. The van der Waals surface area contributed by atoms with Gasteiger partial charge in [0.2, 0.25) is 0 Å². The number of halogens is 2. The predicted octanol–water partition coefficient (Wildman–Crippen LogP) is 3.98. The minimum atomic E-state index is -0.618. The zero-order chi connectivity index (χ0) is 14.0. The molecule has 2 nitrogen and oxygen atoms in total. The molecule has 2 aromatic rings. The van der Waals surface area contributed by atoms with Crippen LogP contribution in [0.2, 0.25) is 0 Å². The fraction of sp³-hybridized carbons (Fsp3) is 0.133. The number of rotatable bonds is 3. The lowest BCUT2D eigenvalue weighted by Gasteiger charge is -2.09. The molecular formula is C15H12FIO2. The number of carbonyl (C=O) groups is 1. The standard InChI is InChI=1S/C15H12FIO2/c1-9-5-3-7-11(14(9)17)15(18)10-6-4-8-12(19-2)13(10)16/h3-8H,1-2H3. The fourth-order valence-electron chi connectivity index (χ4n) is 1.81. The summed E-state index contributed by atoms with van der Waals surface area (Å²) in [6.45, 7) is 1.92. The van der Waals surface area contributed by atoms with Crippen molar-refractivity contribution in [3.05, 3.63) is 62.5 Å². The third-order valence-electron chi connectivity index (χ3n) is 2.86. The second kappa shape index (κ2) is 5.69. The molecule has 2 rings (SSSR count). The molecule has 0 radical (unpaired) electrons. The van der Waals surface area contributed by atoms with E-state index in [1.807, 2.05) is 13.0 Å². The minimum Gasteiger partial charge on any atom is -0.494 e. The van der Waals surface area contributed by atoms with Gasteiger partial charge in [0.25, 0.3) is 0 Å². The highest BCUT2D eigenvalue weighted by Crippen LogP contribution is 2.25. The average molecular weight is 370 g/mol. The van der Waals surface area contributed by atoms with Gasteiger partial charge in [0, 0.05) is 9.13 Å². The average Bonchev–Trinajstić information content (AvgIpc) is 2.41. The first-order valence-electron chi connectivity index (χ1n) is 5.68. The van der Waals surface area contributed by atoms with Gasteiger partial charge in [-0.15, -0.1) is 0 Å². The third-order valence-corrected chi connectivity index (χ3v) is 4.30. The maximum absolute atomic E-state index is 14.1. The molecule has 0 saturated heterocycles. The number of carbonyl (C=O) groups excluding carboxylic acids is 1. The van der Waals surface area contributed by atoms with E-state index >= 15 is 0 Å². The second-order valence-corrected chi connectivity index (χ2v) is 5.17. The molecule has 0 N–H and O–H groups in total. The molecule has 0 aromatic heterocycles. The summed E-state index contributed by atoms with van der Waals surface area (Å²) in [4.78, 5) is 12.4. The van der Waals surface area contributed by atoms with E-state index < -0.39 is 5.82 Å². The molecule has 0 aliphatic heterocycles. The van der Waals surface area contributed by atoms with Crippen molar-refractivity contribution in [2.45, 2.75) is 6.92 Å². The van der Waals surface area contributed by atoms with Crippen LogP contribution in [0.25, 0.3) is 0 Å². The molecule has 0 unspecified atom stereocenters. The molecule has 0 spiro atoms. The Hall–Kier alpha value is -1.43. The molecule has 0 saturated carbocycles. The van der Waals surface area contributed by atoms with E-state index in [1.54, 1.807) is 18.2 Å². The van der Waals surface area contributed by atoms with Crippen molar-refractivity contribution in [3.8, 4) is 5.75 Å². The van der Waals surface area contributed by atoms with Gasteiger partial charge in [0.15, 0.2) is 17.3 Å². The lowest BCUT2D eigenvalue weighted by molar-refractivity contribution is 0.103. The van der Waals surface area contributed by atoms with Crippen LogP contribution in [0.3, 0.4) is 0 Å². The molecule has 19 heavy (non-hydrogen) atoms. The topological polar surface area (TPSA) is 26.3 Å². The van der Waals surface area contributed by atoms with Crippen LogP contribution < -0.4 is 4.74 Å². The number of ketones is 1. The number of aryl methyl sites for hydroxylation is 1. The zero-order valence-electron chi connectivity index (χ0n) is 10.5. The van der Waals surface area contributed by atoms with Crippen molar-refractivity contribution in [2.75, 3.05) is 7.11 Å². The van der Waals surface area contributed by atoms with Gasteiger partial charge in [-0.05, 0) is 53.3 Å². The summed E-state index contributed by atoms with van der Waals surface area (Å²) in [6, 6.07) is 9.99. The minimum absolute atomic E-state index is 0.0304. The van der Waals surface area contributed by atoms with Crippen LogP contribution >= 0.6 is 22.6 Å². The van der Waals surface area contributed by atoms with Crippen LogP contribution in [0.5, 0.6) is 5.75 Å². The molecule has 2 aromatic carbocycles. The Morgan fingerprint density at radius 2 is 1.79 bits per heavy atom. The molecule has 0 heterocycles. The van der Waals surface area contributed by atoms with Crippen LogP contribution in [-0.2, 0) is 0 Å². The quantitative estimate of drug-likeness (QED) is 0.604. The predicted molar refractivity (Wildman–Crippen MR) is 80.3 cm³/mol. The Balaban J connectivity index is 2.54. The normalized spacial score (nSPS) is 10.3. The monoisotopic (exact) mass is 370 g/mol. The van der Waals surface area contributed by atoms with Gasteiger partial charge < -0.3 is 4.74 Å². The maximum Gasteiger partial charge on any atom is 0.197 e. The molecule has 98 valence electrons. The molecule has 4 heteroatoms. The number of methoxy groups -OCH3 is 1. The first-order valence-corrected chi connectivity index (χ1v) is 6.76. The van der Waals surface area contributed by atoms with Crippen molar-refractivity contribution in [1.82, 2.24) is 0 Å². The van der Waals surface area contributed by atoms with E-state index in [0.29, 0.717) is 5.56 Å². The van der Waals surface area contributed by atoms with E-state index in [4.69, 9.17) is 4.74 Å². The molecule has 0 amide bonds. The van der Waals surface area contributed by atoms with Gasteiger partial charge >= 0.3 is 0 Å². The van der Waals surface area contributed by atoms with E-state index in [0.717, 1.165) is 9.13 Å². The Bertz CT molecular complexity index is 638. The first-order chi connectivity index (χ1) is 9.06. The summed E-state index contributed by atoms with van der Waals surface area (Å²) in [5, 5.41) is 0. The van der Waals surface area contributed by atoms with Gasteiger partial charge in [-0.25, -0.2) is 4.39 Å². The van der Waals surface area contributed by atoms with Gasteiger partial charge in [-0.3, -0.25) is 4.79 Å². The number of ether oxygens (including phenoxy) is 1. The SMILES string of the molecule is COc1cccc(C(=O)c2cccc(C)c2I)c1F. The third kappa shape index (κ3) is 2.63. The Morgan fingerprint density at radius 1 is 1.16 bits per heavy atom. The van der Waals surface area contributed by atoms with Crippen molar-refractivity contribution < 1.29 is 13.9 Å². The van der Waals surface area contributed by atoms with Gasteiger partial charge in [0.05, 0.1) is 12.7 Å². The molecule has 0 aliphatic rings. The highest BCUT2D eigenvalue weighted by atomic mass is 127. The van der Waals surface area contributed by atoms with Crippen LogP contribution in [-0.4, -0.2) is 12.9 Å². The van der Waals surface area contributed by atoms with Crippen molar-refractivity contribution in [1.29, 1.82) is 0 Å². The summed E-state index contributed by atoms with van der Waals surface area (Å²) in [6.07, 6.45) is 0. The smallest absolute Gasteiger partial charge is 0.197 e. The molecule has 0 aliphatic carbocycles. The molecule has 0 bridgehead atoms. The Kier molecular flexibility index (Phi) is 4.19. The van der Waals surface area contributed by atoms with Crippen LogP contribution in [0.15, 0.2) is 36.4 Å². The Labute approximate surface area is 124 Å². The van der Waals surface area contributed by atoms with Crippen LogP contribution in [0.4, 0.5) is 4.39 Å². The molecule has 0 fully saturated rings. The van der Waals surface area contributed by atoms with Crippen LogP contribution in [0.1, 0.15) is 21.5 Å². The van der Waals surface area contributed by atoms with E-state index in [9.17, 15) is 9.18 Å². The second-order valence-electron chi connectivity index (χ2n) is 4.09. The largest absolute Gasteiger partial charge is 0.494 e. The molecule has 0 atom stereocenters. The highest BCUT2D eigenvalue weighted by Gasteiger charge is 2.19. The van der Waals surface area contributed by atoms with E-state index in [2.05, 4.69) is 22.6 Å². The lowest BCUT2D eigenvalue weighted by atomic mass is 10.0. The van der Waals surface area contributed by atoms with Crippen molar-refractivity contribution in [3.63, 3.8) is 0 Å². The maximum atomic E-state index is 14.1. The number of hydrogen-bond donors (Lipinski definition) is 0.